The minimum Gasteiger partial charge on any atom is -0.372 e. The summed E-state index contributed by atoms with van der Waals surface area (Å²) in [6.45, 7) is 3.23. The molecule has 1 atom stereocenters. The molecular formula is C24H26Cl2N4O3. The van der Waals surface area contributed by atoms with E-state index in [1.165, 1.54) is 31.7 Å². The molecule has 174 valence electrons. The summed E-state index contributed by atoms with van der Waals surface area (Å²) in [5.41, 5.74) is 0.765. The lowest BCUT2D eigenvalue weighted by atomic mass is 9.92. The van der Waals surface area contributed by atoms with Crippen LogP contribution >= 0.6 is 23.2 Å². The van der Waals surface area contributed by atoms with E-state index in [9.17, 15) is 14.4 Å². The monoisotopic (exact) mass is 488 g/mol. The van der Waals surface area contributed by atoms with E-state index in [0.717, 1.165) is 23.7 Å². The van der Waals surface area contributed by atoms with Crippen LogP contribution in [-0.2, 0) is 15.1 Å². The molecule has 2 aromatic rings. The molecule has 0 unspecified atom stereocenters. The minimum atomic E-state index is -1.38. The average Bonchev–Trinajstić information content (AvgIpc) is 2.97. The van der Waals surface area contributed by atoms with Gasteiger partial charge in [0, 0.05) is 40.1 Å². The van der Waals surface area contributed by atoms with Crippen LogP contribution in [-0.4, -0.2) is 42.4 Å². The quantitative estimate of drug-likeness (QED) is 0.593. The van der Waals surface area contributed by atoms with Gasteiger partial charge in [0.2, 0.25) is 5.91 Å². The molecule has 0 aliphatic carbocycles. The van der Waals surface area contributed by atoms with E-state index >= 15 is 0 Å². The molecule has 2 N–H and O–H groups in total. The molecular weight excluding hydrogens is 463 g/mol. The molecule has 4 amide bonds. The van der Waals surface area contributed by atoms with Crippen molar-refractivity contribution in [2.75, 3.05) is 29.9 Å². The van der Waals surface area contributed by atoms with Crippen LogP contribution in [0, 0.1) is 0 Å². The Balaban J connectivity index is 1.41. The molecule has 2 fully saturated rings. The average molecular weight is 489 g/mol. The Bertz CT molecular complexity index is 1070. The van der Waals surface area contributed by atoms with Crippen LogP contribution in [0.25, 0.3) is 0 Å². The molecule has 0 spiro atoms. The van der Waals surface area contributed by atoms with Crippen LogP contribution in [0.15, 0.2) is 42.5 Å². The second-order valence-corrected chi connectivity index (χ2v) is 9.41. The van der Waals surface area contributed by atoms with Crippen molar-refractivity contribution in [3.63, 3.8) is 0 Å². The van der Waals surface area contributed by atoms with Gasteiger partial charge >= 0.3 is 6.03 Å². The van der Waals surface area contributed by atoms with Crippen LogP contribution in [0.5, 0.6) is 0 Å². The fraction of sp³-hybridized carbons (Fsp3) is 0.375. The zero-order chi connectivity index (χ0) is 23.6. The Kier molecular flexibility index (Phi) is 6.81. The molecule has 0 aromatic heterocycles. The second kappa shape index (κ2) is 9.61. The number of hydrogen-bond acceptors (Lipinski definition) is 4. The molecule has 2 aromatic carbocycles. The number of halogens is 2. The minimum absolute atomic E-state index is 0.259. The number of nitrogens with one attached hydrogen (secondary N) is 2. The predicted octanol–water partition coefficient (Wildman–Crippen LogP) is 4.78. The van der Waals surface area contributed by atoms with Gasteiger partial charge in [0.25, 0.3) is 5.91 Å². The lowest BCUT2D eigenvalue weighted by molar-refractivity contribution is -0.133. The second-order valence-electron chi connectivity index (χ2n) is 8.57. The van der Waals surface area contributed by atoms with E-state index in [-0.39, 0.29) is 5.02 Å². The maximum Gasteiger partial charge on any atom is 0.325 e. The molecule has 4 rings (SSSR count). The largest absolute Gasteiger partial charge is 0.372 e. The number of nitrogens with zero attached hydrogens (tertiary/aromatic N) is 2. The Morgan fingerprint density at radius 1 is 1.03 bits per heavy atom. The fourth-order valence-corrected chi connectivity index (χ4v) is 4.94. The van der Waals surface area contributed by atoms with Crippen LogP contribution < -0.4 is 15.5 Å². The zero-order valence-electron chi connectivity index (χ0n) is 18.4. The maximum atomic E-state index is 13.1. The van der Waals surface area contributed by atoms with E-state index in [1.54, 1.807) is 19.1 Å². The highest BCUT2D eigenvalue weighted by Gasteiger charge is 2.50. The summed E-state index contributed by atoms with van der Waals surface area (Å²) in [6.07, 6.45) is 4.89. The molecule has 2 aliphatic heterocycles. The van der Waals surface area contributed by atoms with Gasteiger partial charge in [-0.25, -0.2) is 4.79 Å². The first-order valence-electron chi connectivity index (χ1n) is 11.0. The Morgan fingerprint density at radius 2 is 1.70 bits per heavy atom. The van der Waals surface area contributed by atoms with Gasteiger partial charge in [-0.15, -0.1) is 0 Å². The lowest BCUT2D eigenvalue weighted by Gasteiger charge is -2.23. The van der Waals surface area contributed by atoms with E-state index in [0.29, 0.717) is 16.3 Å². The summed E-state index contributed by atoms with van der Waals surface area (Å²) in [5, 5.41) is 6.09. The Labute approximate surface area is 203 Å². The smallest absolute Gasteiger partial charge is 0.325 e. The topological polar surface area (TPSA) is 81.8 Å². The third kappa shape index (κ3) is 4.94. The summed E-state index contributed by atoms with van der Waals surface area (Å²) in [7, 11) is 0. The number of benzene rings is 2. The van der Waals surface area contributed by atoms with Crippen molar-refractivity contribution in [1.82, 2.24) is 10.2 Å². The van der Waals surface area contributed by atoms with E-state index in [2.05, 4.69) is 15.5 Å². The van der Waals surface area contributed by atoms with Crippen LogP contribution in [0.1, 0.15) is 38.2 Å². The number of carbonyl (C=O) groups is 3. The van der Waals surface area contributed by atoms with Crippen LogP contribution in [0.4, 0.5) is 16.2 Å². The Hall–Kier alpha value is -2.77. The van der Waals surface area contributed by atoms with Gasteiger partial charge < -0.3 is 15.5 Å². The van der Waals surface area contributed by atoms with Gasteiger partial charge in [-0.3, -0.25) is 14.5 Å². The third-order valence-electron chi connectivity index (χ3n) is 6.17. The van der Waals surface area contributed by atoms with E-state index in [4.69, 9.17) is 23.2 Å². The van der Waals surface area contributed by atoms with Gasteiger partial charge in [-0.05, 0) is 56.2 Å². The van der Waals surface area contributed by atoms with Gasteiger partial charge in [-0.1, -0.05) is 42.1 Å². The van der Waals surface area contributed by atoms with Crippen LogP contribution in [0.3, 0.4) is 0 Å². The molecule has 0 saturated carbocycles. The number of urea groups is 1. The molecule has 0 radical (unpaired) electrons. The van der Waals surface area contributed by atoms with Crippen molar-refractivity contribution in [2.45, 2.75) is 38.1 Å². The van der Waals surface area contributed by atoms with Crippen molar-refractivity contribution in [3.05, 3.63) is 58.1 Å². The molecule has 33 heavy (non-hydrogen) atoms. The number of hydrogen-bond donors (Lipinski definition) is 2. The van der Waals surface area contributed by atoms with Crippen molar-refractivity contribution >= 4 is 52.4 Å². The highest BCUT2D eigenvalue weighted by molar-refractivity contribution is 6.35. The first-order chi connectivity index (χ1) is 15.8. The van der Waals surface area contributed by atoms with Gasteiger partial charge in [0.05, 0.1) is 0 Å². The summed E-state index contributed by atoms with van der Waals surface area (Å²) in [4.78, 5) is 41.5. The van der Waals surface area contributed by atoms with Crippen molar-refractivity contribution in [2.24, 2.45) is 0 Å². The number of anilines is 2. The number of amides is 4. The molecule has 2 aliphatic rings. The predicted molar refractivity (Wildman–Crippen MR) is 130 cm³/mol. The van der Waals surface area contributed by atoms with Crippen molar-refractivity contribution < 1.29 is 14.4 Å². The zero-order valence-corrected chi connectivity index (χ0v) is 19.9. The summed E-state index contributed by atoms with van der Waals surface area (Å²) in [6, 6.07) is 11.7. The third-order valence-corrected chi connectivity index (χ3v) is 6.72. The normalized spacial score (nSPS) is 21.1. The van der Waals surface area contributed by atoms with Crippen molar-refractivity contribution in [1.29, 1.82) is 0 Å². The highest BCUT2D eigenvalue weighted by atomic mass is 35.5. The highest BCUT2D eigenvalue weighted by Crippen LogP contribution is 2.35. The lowest BCUT2D eigenvalue weighted by Crippen LogP contribution is -2.42. The van der Waals surface area contributed by atoms with Crippen LogP contribution in [0.2, 0.25) is 10.0 Å². The fourth-order valence-electron chi connectivity index (χ4n) is 4.35. The van der Waals surface area contributed by atoms with Gasteiger partial charge in [0.1, 0.15) is 12.1 Å². The van der Waals surface area contributed by atoms with Gasteiger partial charge in [0.15, 0.2) is 0 Å². The molecule has 7 nitrogen and oxygen atoms in total. The SMILES string of the molecule is C[C@]1(c2ccc(Cl)cc2Cl)NC(=O)N(CC(=O)Nc2ccc(N3CCCCCC3)cc2)C1=O. The Morgan fingerprint density at radius 3 is 2.33 bits per heavy atom. The number of imide groups is 1. The number of rotatable bonds is 5. The maximum absolute atomic E-state index is 13.1. The van der Waals surface area contributed by atoms with E-state index in [1.807, 2.05) is 24.3 Å². The van der Waals surface area contributed by atoms with Crippen molar-refractivity contribution in [3.8, 4) is 0 Å². The first kappa shape index (κ1) is 23.4. The standard InChI is InChI=1S/C24H26Cl2N4O3/c1-24(19-11-6-16(25)14-20(19)26)22(32)30(23(33)28-24)15-21(31)27-17-7-9-18(10-8-17)29-12-4-2-3-5-13-29/h6-11,14H,2-5,12-13,15H2,1H3,(H,27,31)(H,28,33)/t24-/m1/s1. The molecule has 9 heteroatoms. The summed E-state index contributed by atoms with van der Waals surface area (Å²) in [5.74, 6) is -1.02. The number of carbonyl (C=O) groups excluding carboxylic acids is 3. The molecule has 0 bridgehead atoms. The summed E-state index contributed by atoms with van der Waals surface area (Å²) >= 11 is 12.2. The van der Waals surface area contributed by atoms with Gasteiger partial charge in [-0.2, -0.15) is 0 Å². The first-order valence-corrected chi connectivity index (χ1v) is 11.8. The molecule has 2 saturated heterocycles. The molecule has 2 heterocycles. The summed E-state index contributed by atoms with van der Waals surface area (Å²) < 4.78 is 0. The van der Waals surface area contributed by atoms with E-state index < -0.39 is 29.9 Å².